The van der Waals surface area contributed by atoms with E-state index in [0.717, 1.165) is 0 Å². The molecule has 102 valence electrons. The van der Waals surface area contributed by atoms with Crippen molar-refractivity contribution in [3.8, 4) is 0 Å². The van der Waals surface area contributed by atoms with Crippen molar-refractivity contribution >= 4 is 11.6 Å². The van der Waals surface area contributed by atoms with Crippen LogP contribution in [-0.2, 0) is 7.05 Å². The Morgan fingerprint density at radius 1 is 1.32 bits per heavy atom. The lowest BCUT2D eigenvalue weighted by atomic mass is 9.97. The zero-order valence-corrected chi connectivity index (χ0v) is 11.8. The highest BCUT2D eigenvalue weighted by molar-refractivity contribution is 6.30. The maximum absolute atomic E-state index is 13.8. The van der Waals surface area contributed by atoms with Crippen LogP contribution in [0.15, 0.2) is 24.3 Å². The molecule has 0 saturated heterocycles. The Kier molecular flexibility index (Phi) is 3.92. The number of hydrogen-bond donors (Lipinski definition) is 1. The minimum atomic E-state index is -1.11. The lowest BCUT2D eigenvalue weighted by molar-refractivity contribution is 0.213. The van der Waals surface area contributed by atoms with Gasteiger partial charge in [-0.1, -0.05) is 43.6 Å². The van der Waals surface area contributed by atoms with E-state index in [1.807, 2.05) is 13.8 Å². The SMILES string of the molecule is CC(C)c1nn(C)c(Cl)c1C(O)c1ccccc1F. The van der Waals surface area contributed by atoms with Crippen molar-refractivity contribution in [3.63, 3.8) is 0 Å². The van der Waals surface area contributed by atoms with Gasteiger partial charge >= 0.3 is 0 Å². The molecule has 1 N–H and O–H groups in total. The predicted octanol–water partition coefficient (Wildman–Crippen LogP) is 3.42. The maximum atomic E-state index is 13.8. The van der Waals surface area contributed by atoms with Gasteiger partial charge in [-0.05, 0) is 12.0 Å². The number of aryl methyl sites for hydroxylation is 1. The smallest absolute Gasteiger partial charge is 0.133 e. The second-order valence-corrected chi connectivity index (χ2v) is 5.15. The monoisotopic (exact) mass is 282 g/mol. The van der Waals surface area contributed by atoms with Gasteiger partial charge in [0.2, 0.25) is 0 Å². The number of halogens is 2. The normalized spacial score (nSPS) is 13.0. The molecule has 0 bridgehead atoms. The van der Waals surface area contributed by atoms with Crippen LogP contribution in [0.2, 0.25) is 5.15 Å². The number of benzene rings is 1. The summed E-state index contributed by atoms with van der Waals surface area (Å²) in [6.07, 6.45) is -1.11. The summed E-state index contributed by atoms with van der Waals surface area (Å²) < 4.78 is 15.3. The van der Waals surface area contributed by atoms with Crippen molar-refractivity contribution in [1.82, 2.24) is 9.78 Å². The van der Waals surface area contributed by atoms with Crippen molar-refractivity contribution in [2.45, 2.75) is 25.9 Å². The Balaban J connectivity index is 2.56. The van der Waals surface area contributed by atoms with Gasteiger partial charge in [0.25, 0.3) is 0 Å². The Hall–Kier alpha value is -1.39. The second kappa shape index (κ2) is 5.31. The molecule has 0 aliphatic heterocycles. The molecular weight excluding hydrogens is 267 g/mol. The lowest BCUT2D eigenvalue weighted by Gasteiger charge is -2.14. The van der Waals surface area contributed by atoms with E-state index in [1.54, 1.807) is 25.2 Å². The zero-order valence-electron chi connectivity index (χ0n) is 11.1. The quantitative estimate of drug-likeness (QED) is 0.937. The average molecular weight is 283 g/mol. The van der Waals surface area contributed by atoms with Gasteiger partial charge in [0.1, 0.15) is 17.1 Å². The lowest BCUT2D eigenvalue weighted by Crippen LogP contribution is -2.06. The Bertz CT molecular complexity index is 595. The molecular formula is C14H16ClFN2O. The van der Waals surface area contributed by atoms with Crippen LogP contribution < -0.4 is 0 Å². The Morgan fingerprint density at radius 2 is 1.95 bits per heavy atom. The Labute approximate surface area is 116 Å². The number of aliphatic hydroxyl groups is 1. The molecule has 1 aromatic carbocycles. The first kappa shape index (κ1) is 14.0. The summed E-state index contributed by atoms with van der Waals surface area (Å²) in [6.45, 7) is 3.91. The molecule has 1 aromatic heterocycles. The summed E-state index contributed by atoms with van der Waals surface area (Å²) in [6, 6.07) is 6.13. The van der Waals surface area contributed by atoms with Crippen LogP contribution in [0.5, 0.6) is 0 Å². The van der Waals surface area contributed by atoms with Crippen LogP contribution in [0.25, 0.3) is 0 Å². The molecule has 0 amide bonds. The van der Waals surface area contributed by atoms with Gasteiger partial charge in [-0.3, -0.25) is 4.68 Å². The molecule has 0 aliphatic rings. The van der Waals surface area contributed by atoms with Crippen LogP contribution in [-0.4, -0.2) is 14.9 Å². The average Bonchev–Trinajstić information content (AvgIpc) is 2.66. The van der Waals surface area contributed by atoms with Gasteiger partial charge in [0.15, 0.2) is 0 Å². The fourth-order valence-corrected chi connectivity index (χ4v) is 2.31. The van der Waals surface area contributed by atoms with Crippen LogP contribution >= 0.6 is 11.6 Å². The molecule has 1 atom stereocenters. The van der Waals surface area contributed by atoms with E-state index < -0.39 is 11.9 Å². The number of aliphatic hydroxyl groups excluding tert-OH is 1. The first-order valence-electron chi connectivity index (χ1n) is 6.08. The molecule has 0 radical (unpaired) electrons. The zero-order chi connectivity index (χ0) is 14.2. The molecule has 1 heterocycles. The summed E-state index contributed by atoms with van der Waals surface area (Å²) in [7, 11) is 1.70. The van der Waals surface area contributed by atoms with Crippen molar-refractivity contribution in [3.05, 3.63) is 52.1 Å². The van der Waals surface area contributed by atoms with Crippen molar-refractivity contribution in [2.24, 2.45) is 7.05 Å². The molecule has 0 saturated carbocycles. The van der Waals surface area contributed by atoms with E-state index in [-0.39, 0.29) is 11.5 Å². The third kappa shape index (κ3) is 2.51. The number of hydrogen-bond acceptors (Lipinski definition) is 2. The van der Waals surface area contributed by atoms with E-state index in [1.165, 1.54) is 10.7 Å². The molecule has 2 rings (SSSR count). The molecule has 5 heteroatoms. The van der Waals surface area contributed by atoms with Crippen LogP contribution in [0.3, 0.4) is 0 Å². The van der Waals surface area contributed by atoms with E-state index in [0.29, 0.717) is 16.4 Å². The van der Waals surface area contributed by atoms with Gasteiger partial charge in [-0.25, -0.2) is 4.39 Å². The van der Waals surface area contributed by atoms with Gasteiger partial charge in [-0.15, -0.1) is 0 Å². The summed E-state index contributed by atoms with van der Waals surface area (Å²) in [5.41, 5.74) is 1.37. The largest absolute Gasteiger partial charge is 0.383 e. The summed E-state index contributed by atoms with van der Waals surface area (Å²) in [5.74, 6) is -0.361. The highest BCUT2D eigenvalue weighted by atomic mass is 35.5. The first-order chi connectivity index (χ1) is 8.93. The summed E-state index contributed by atoms with van der Waals surface area (Å²) >= 11 is 6.17. The number of aromatic nitrogens is 2. The first-order valence-corrected chi connectivity index (χ1v) is 6.46. The predicted molar refractivity (Wildman–Crippen MR) is 72.8 cm³/mol. The highest BCUT2D eigenvalue weighted by Gasteiger charge is 2.26. The van der Waals surface area contributed by atoms with Gasteiger partial charge in [0, 0.05) is 18.2 Å². The van der Waals surface area contributed by atoms with Crippen molar-refractivity contribution < 1.29 is 9.50 Å². The van der Waals surface area contributed by atoms with Crippen LogP contribution in [0, 0.1) is 5.82 Å². The molecule has 1 unspecified atom stereocenters. The fraction of sp³-hybridized carbons (Fsp3) is 0.357. The van der Waals surface area contributed by atoms with Crippen LogP contribution in [0.1, 0.15) is 42.7 Å². The minimum Gasteiger partial charge on any atom is -0.383 e. The maximum Gasteiger partial charge on any atom is 0.133 e. The molecule has 3 nitrogen and oxygen atoms in total. The summed E-state index contributed by atoms with van der Waals surface area (Å²) in [4.78, 5) is 0. The summed E-state index contributed by atoms with van der Waals surface area (Å²) in [5, 5.41) is 15.0. The third-order valence-electron chi connectivity index (χ3n) is 3.06. The molecule has 19 heavy (non-hydrogen) atoms. The van der Waals surface area contributed by atoms with Gasteiger partial charge in [-0.2, -0.15) is 5.10 Å². The van der Waals surface area contributed by atoms with E-state index >= 15 is 0 Å². The highest BCUT2D eigenvalue weighted by Crippen LogP contribution is 2.34. The minimum absolute atomic E-state index is 0.0927. The van der Waals surface area contributed by atoms with Crippen molar-refractivity contribution in [1.29, 1.82) is 0 Å². The molecule has 0 spiro atoms. The fourth-order valence-electron chi connectivity index (χ4n) is 2.07. The van der Waals surface area contributed by atoms with E-state index in [4.69, 9.17) is 11.6 Å². The standard InChI is InChI=1S/C14H16ClFN2O/c1-8(2)12-11(14(15)18(3)17-12)13(19)9-6-4-5-7-10(9)16/h4-8,13,19H,1-3H3. The van der Waals surface area contributed by atoms with Crippen LogP contribution in [0.4, 0.5) is 4.39 Å². The van der Waals surface area contributed by atoms with E-state index in [2.05, 4.69) is 5.10 Å². The molecule has 0 fully saturated rings. The molecule has 0 aliphatic carbocycles. The number of nitrogens with zero attached hydrogens (tertiary/aromatic N) is 2. The van der Waals surface area contributed by atoms with Gasteiger partial charge < -0.3 is 5.11 Å². The van der Waals surface area contributed by atoms with Crippen molar-refractivity contribution in [2.75, 3.05) is 0 Å². The van der Waals surface area contributed by atoms with Gasteiger partial charge in [0.05, 0.1) is 5.69 Å². The third-order valence-corrected chi connectivity index (χ3v) is 3.51. The topological polar surface area (TPSA) is 38.0 Å². The van der Waals surface area contributed by atoms with E-state index in [9.17, 15) is 9.50 Å². The molecule has 2 aromatic rings. The Morgan fingerprint density at radius 3 is 2.53 bits per heavy atom. The number of rotatable bonds is 3. The second-order valence-electron chi connectivity index (χ2n) is 4.79.